The summed E-state index contributed by atoms with van der Waals surface area (Å²) in [6, 6.07) is 10.7. The quantitative estimate of drug-likeness (QED) is 0.718. The van der Waals surface area contributed by atoms with Crippen molar-refractivity contribution in [2.45, 2.75) is 25.8 Å². The van der Waals surface area contributed by atoms with E-state index in [2.05, 4.69) is 35.4 Å². The van der Waals surface area contributed by atoms with E-state index in [1.54, 1.807) is 21.3 Å². The minimum absolute atomic E-state index is 0.202. The molecule has 5 nitrogen and oxygen atoms in total. The molecule has 0 aliphatic carbocycles. The lowest BCUT2D eigenvalue weighted by molar-refractivity contribution is 0.346. The van der Waals surface area contributed by atoms with Crippen molar-refractivity contribution >= 4 is 10.9 Å². The third-order valence-corrected chi connectivity index (χ3v) is 5.42. The highest BCUT2D eigenvalue weighted by Crippen LogP contribution is 2.38. The van der Waals surface area contributed by atoms with Crippen LogP contribution in [0.2, 0.25) is 0 Å². The van der Waals surface area contributed by atoms with E-state index in [0.29, 0.717) is 5.75 Å². The number of aromatic nitrogens is 1. The zero-order valence-corrected chi connectivity index (χ0v) is 16.3. The smallest absolute Gasteiger partial charge is 0.164 e. The first kappa shape index (κ1) is 17.7. The van der Waals surface area contributed by atoms with Crippen LogP contribution < -0.4 is 19.5 Å². The molecule has 0 saturated carbocycles. The van der Waals surface area contributed by atoms with E-state index >= 15 is 0 Å². The Hall–Kier alpha value is -2.66. The largest absolute Gasteiger partial charge is 0.496 e. The van der Waals surface area contributed by atoms with Gasteiger partial charge in [-0.3, -0.25) is 0 Å². The fourth-order valence-electron chi connectivity index (χ4n) is 4.07. The van der Waals surface area contributed by atoms with Gasteiger partial charge in [-0.25, -0.2) is 0 Å². The molecule has 1 atom stereocenters. The fraction of sp³-hybridized carbons (Fsp3) is 0.364. The lowest BCUT2D eigenvalue weighted by atomic mass is 9.94. The number of aromatic amines is 1. The zero-order chi connectivity index (χ0) is 19.0. The normalized spacial score (nSPS) is 16.2. The van der Waals surface area contributed by atoms with Crippen molar-refractivity contribution in [3.63, 3.8) is 0 Å². The SMILES string of the molecule is COc1cc(OC)c(OC)cc1CC1NCCc2c1[nH]c1ccc(C)cc21. The van der Waals surface area contributed by atoms with Gasteiger partial charge in [-0.15, -0.1) is 0 Å². The van der Waals surface area contributed by atoms with E-state index in [1.165, 1.54) is 27.7 Å². The Bertz CT molecular complexity index is 977. The lowest BCUT2D eigenvalue weighted by Crippen LogP contribution is -2.31. The summed E-state index contributed by atoms with van der Waals surface area (Å²) < 4.78 is 16.5. The maximum Gasteiger partial charge on any atom is 0.164 e. The van der Waals surface area contributed by atoms with Crippen LogP contribution in [0.4, 0.5) is 0 Å². The van der Waals surface area contributed by atoms with Crippen LogP contribution in [-0.2, 0) is 12.8 Å². The summed E-state index contributed by atoms with van der Waals surface area (Å²) in [5.74, 6) is 2.21. The van der Waals surface area contributed by atoms with Crippen molar-refractivity contribution < 1.29 is 14.2 Å². The van der Waals surface area contributed by atoms with Gasteiger partial charge in [-0.05, 0) is 55.6 Å². The van der Waals surface area contributed by atoms with E-state index in [4.69, 9.17) is 14.2 Å². The number of benzene rings is 2. The minimum Gasteiger partial charge on any atom is -0.496 e. The molecule has 2 N–H and O–H groups in total. The molecule has 0 fully saturated rings. The van der Waals surface area contributed by atoms with E-state index in [0.717, 1.165) is 36.4 Å². The molecular formula is C22H26N2O3. The molecule has 1 aliphatic rings. The van der Waals surface area contributed by atoms with Crippen molar-refractivity contribution in [1.82, 2.24) is 10.3 Å². The van der Waals surface area contributed by atoms with Gasteiger partial charge in [0.15, 0.2) is 11.5 Å². The van der Waals surface area contributed by atoms with Gasteiger partial charge in [0.2, 0.25) is 0 Å². The van der Waals surface area contributed by atoms with Crippen LogP contribution in [0.5, 0.6) is 17.2 Å². The summed E-state index contributed by atoms with van der Waals surface area (Å²) in [5, 5.41) is 5.00. The number of methoxy groups -OCH3 is 3. The molecule has 142 valence electrons. The maximum atomic E-state index is 5.62. The summed E-state index contributed by atoms with van der Waals surface area (Å²) in [4.78, 5) is 3.64. The number of H-pyrrole nitrogens is 1. The minimum atomic E-state index is 0.202. The molecule has 1 aliphatic heterocycles. The zero-order valence-electron chi connectivity index (χ0n) is 16.3. The number of fused-ring (bicyclic) bond motifs is 3. The molecule has 4 rings (SSSR count). The van der Waals surface area contributed by atoms with E-state index in [9.17, 15) is 0 Å². The molecular weight excluding hydrogens is 340 g/mol. The molecule has 0 amide bonds. The third-order valence-electron chi connectivity index (χ3n) is 5.42. The Morgan fingerprint density at radius 1 is 0.963 bits per heavy atom. The van der Waals surface area contributed by atoms with Gasteiger partial charge in [-0.1, -0.05) is 11.6 Å². The van der Waals surface area contributed by atoms with E-state index in [-0.39, 0.29) is 6.04 Å². The number of hydrogen-bond acceptors (Lipinski definition) is 4. The first-order chi connectivity index (χ1) is 13.1. The molecule has 0 radical (unpaired) electrons. The van der Waals surface area contributed by atoms with Gasteiger partial charge >= 0.3 is 0 Å². The van der Waals surface area contributed by atoms with Gasteiger partial charge in [0.1, 0.15) is 5.75 Å². The van der Waals surface area contributed by atoms with Crippen molar-refractivity contribution in [3.8, 4) is 17.2 Å². The van der Waals surface area contributed by atoms with Gasteiger partial charge in [0, 0.05) is 22.7 Å². The highest BCUT2D eigenvalue weighted by atomic mass is 16.5. The average Bonchev–Trinajstić information content (AvgIpc) is 3.06. The first-order valence-corrected chi connectivity index (χ1v) is 9.28. The van der Waals surface area contributed by atoms with Gasteiger partial charge in [-0.2, -0.15) is 0 Å². The number of rotatable bonds is 5. The molecule has 1 unspecified atom stereocenters. The highest BCUT2D eigenvalue weighted by molar-refractivity contribution is 5.85. The summed E-state index contributed by atoms with van der Waals surface area (Å²) in [6.45, 7) is 3.11. The third kappa shape index (κ3) is 3.12. The molecule has 0 bridgehead atoms. The molecule has 5 heteroatoms. The highest BCUT2D eigenvalue weighted by Gasteiger charge is 2.25. The Morgan fingerprint density at radius 3 is 2.44 bits per heavy atom. The number of nitrogens with one attached hydrogen (secondary N) is 2. The molecule has 0 spiro atoms. The molecule has 27 heavy (non-hydrogen) atoms. The summed E-state index contributed by atoms with van der Waals surface area (Å²) in [7, 11) is 4.99. The Balaban J connectivity index is 1.74. The van der Waals surface area contributed by atoms with Crippen LogP contribution in [0, 0.1) is 6.92 Å². The van der Waals surface area contributed by atoms with Gasteiger partial charge < -0.3 is 24.5 Å². The van der Waals surface area contributed by atoms with Crippen LogP contribution in [0.3, 0.4) is 0 Å². The van der Waals surface area contributed by atoms with Crippen LogP contribution in [0.15, 0.2) is 30.3 Å². The van der Waals surface area contributed by atoms with Crippen LogP contribution in [0.1, 0.15) is 28.4 Å². The van der Waals surface area contributed by atoms with Crippen LogP contribution in [-0.4, -0.2) is 32.9 Å². The summed E-state index contributed by atoms with van der Waals surface area (Å²) in [6.07, 6.45) is 1.85. The number of aryl methyl sites for hydroxylation is 1. The summed E-state index contributed by atoms with van der Waals surface area (Å²) >= 11 is 0. The molecule has 3 aromatic rings. The lowest BCUT2D eigenvalue weighted by Gasteiger charge is -2.25. The Morgan fingerprint density at radius 2 is 1.70 bits per heavy atom. The fourth-order valence-corrected chi connectivity index (χ4v) is 4.07. The van der Waals surface area contributed by atoms with Crippen molar-refractivity contribution in [3.05, 3.63) is 52.7 Å². The van der Waals surface area contributed by atoms with Crippen molar-refractivity contribution in [1.29, 1.82) is 0 Å². The number of ether oxygens (including phenoxy) is 3. The predicted molar refractivity (Wildman–Crippen MR) is 107 cm³/mol. The van der Waals surface area contributed by atoms with Crippen LogP contribution in [0.25, 0.3) is 10.9 Å². The average molecular weight is 366 g/mol. The van der Waals surface area contributed by atoms with Gasteiger partial charge in [0.05, 0.1) is 27.4 Å². The van der Waals surface area contributed by atoms with Crippen molar-refractivity contribution in [2.24, 2.45) is 0 Å². The standard InChI is InChI=1S/C22H26N2O3/c1-13-5-6-17-16(9-13)15-7-8-23-18(22(15)24-17)10-14-11-20(26-3)21(27-4)12-19(14)25-2/h5-6,9,11-12,18,23-24H,7-8,10H2,1-4H3. The monoisotopic (exact) mass is 366 g/mol. The van der Waals surface area contributed by atoms with Crippen LogP contribution >= 0.6 is 0 Å². The molecule has 0 saturated heterocycles. The molecule has 2 aromatic carbocycles. The Kier molecular flexibility index (Phi) is 4.70. The second kappa shape index (κ2) is 7.16. The Labute approximate surface area is 159 Å². The first-order valence-electron chi connectivity index (χ1n) is 9.28. The topological polar surface area (TPSA) is 55.5 Å². The maximum absolute atomic E-state index is 5.62. The second-order valence-corrected chi connectivity index (χ2v) is 7.05. The summed E-state index contributed by atoms with van der Waals surface area (Å²) in [5.41, 5.74) is 6.30. The number of hydrogen-bond donors (Lipinski definition) is 2. The molecule has 1 aromatic heterocycles. The second-order valence-electron chi connectivity index (χ2n) is 7.05. The predicted octanol–water partition coefficient (Wildman–Crippen LogP) is 3.93. The van der Waals surface area contributed by atoms with E-state index in [1.807, 2.05) is 12.1 Å². The van der Waals surface area contributed by atoms with Crippen molar-refractivity contribution in [2.75, 3.05) is 27.9 Å². The molecule has 2 heterocycles. The van der Waals surface area contributed by atoms with E-state index < -0.39 is 0 Å². The van der Waals surface area contributed by atoms with Gasteiger partial charge in [0.25, 0.3) is 0 Å².